The minimum absolute atomic E-state index is 0.256. The van der Waals surface area contributed by atoms with Gasteiger partial charge in [0.15, 0.2) is 0 Å². The van der Waals surface area contributed by atoms with Crippen LogP contribution in [0, 0.1) is 0 Å². The summed E-state index contributed by atoms with van der Waals surface area (Å²) in [5, 5.41) is 1.05. The highest BCUT2D eigenvalue weighted by molar-refractivity contribution is 5.90. The molecule has 2 aliphatic heterocycles. The van der Waals surface area contributed by atoms with Crippen molar-refractivity contribution in [2.24, 2.45) is 0 Å². The van der Waals surface area contributed by atoms with Gasteiger partial charge < -0.3 is 9.32 Å². The van der Waals surface area contributed by atoms with Gasteiger partial charge in [-0.15, -0.1) is 0 Å². The van der Waals surface area contributed by atoms with Crippen LogP contribution in [0.1, 0.15) is 29.5 Å². The molecule has 26 heavy (non-hydrogen) atoms. The summed E-state index contributed by atoms with van der Waals surface area (Å²) in [6, 6.07) is 12.1. The zero-order valence-corrected chi connectivity index (χ0v) is 14.8. The van der Waals surface area contributed by atoms with E-state index in [1.165, 1.54) is 23.2 Å². The Balaban J connectivity index is 1.73. The van der Waals surface area contributed by atoms with E-state index >= 15 is 0 Å². The minimum atomic E-state index is -0.256. The summed E-state index contributed by atoms with van der Waals surface area (Å²) in [7, 11) is 0. The van der Waals surface area contributed by atoms with E-state index < -0.39 is 0 Å². The van der Waals surface area contributed by atoms with Crippen LogP contribution in [-0.4, -0.2) is 13.1 Å². The molecule has 5 rings (SSSR count). The van der Waals surface area contributed by atoms with Crippen molar-refractivity contribution >= 4 is 22.7 Å². The molecule has 0 radical (unpaired) electrons. The lowest BCUT2D eigenvalue weighted by molar-refractivity contribution is 0.552. The third-order valence-electron chi connectivity index (χ3n) is 5.67. The van der Waals surface area contributed by atoms with Crippen LogP contribution in [0.4, 0.5) is 5.69 Å². The Labute approximate surface area is 152 Å². The average molecular weight is 343 g/mol. The Hall–Kier alpha value is -2.81. The number of benzene rings is 2. The number of nitrogens with zero attached hydrogens (tertiary/aromatic N) is 1. The van der Waals surface area contributed by atoms with E-state index in [2.05, 4.69) is 17.5 Å². The van der Waals surface area contributed by atoms with E-state index in [-0.39, 0.29) is 5.63 Å². The molecule has 0 amide bonds. The van der Waals surface area contributed by atoms with Gasteiger partial charge in [0.05, 0.1) is 5.56 Å². The van der Waals surface area contributed by atoms with Gasteiger partial charge in [-0.1, -0.05) is 36.9 Å². The van der Waals surface area contributed by atoms with Crippen molar-refractivity contribution in [2.45, 2.75) is 25.7 Å². The molecule has 2 aromatic carbocycles. The Kier molecular flexibility index (Phi) is 3.49. The second-order valence-electron chi connectivity index (χ2n) is 7.25. The Morgan fingerprint density at radius 1 is 1.04 bits per heavy atom. The molecule has 0 saturated heterocycles. The molecule has 1 aromatic heterocycles. The number of rotatable bonds is 2. The Bertz CT molecular complexity index is 1070. The number of anilines is 1. The van der Waals surface area contributed by atoms with Gasteiger partial charge in [-0.05, 0) is 54.5 Å². The molecule has 3 aromatic rings. The molecule has 0 fully saturated rings. The van der Waals surface area contributed by atoms with Crippen LogP contribution < -0.4 is 10.5 Å². The maximum atomic E-state index is 12.7. The van der Waals surface area contributed by atoms with E-state index in [1.807, 2.05) is 30.3 Å². The fourth-order valence-corrected chi connectivity index (χ4v) is 4.45. The molecule has 3 heteroatoms. The zero-order valence-electron chi connectivity index (χ0n) is 14.8. The first-order valence-electron chi connectivity index (χ1n) is 9.35. The van der Waals surface area contributed by atoms with Crippen molar-refractivity contribution in [1.82, 2.24) is 0 Å². The lowest BCUT2D eigenvalue weighted by Crippen LogP contribution is -2.34. The molecule has 2 aliphatic rings. The summed E-state index contributed by atoms with van der Waals surface area (Å²) in [5.74, 6) is 0. The molecule has 0 N–H and O–H groups in total. The van der Waals surface area contributed by atoms with Gasteiger partial charge in [0.25, 0.3) is 0 Å². The topological polar surface area (TPSA) is 33.5 Å². The van der Waals surface area contributed by atoms with Gasteiger partial charge >= 0.3 is 5.63 Å². The summed E-state index contributed by atoms with van der Waals surface area (Å²) in [4.78, 5) is 15.2. The van der Waals surface area contributed by atoms with Gasteiger partial charge in [0.2, 0.25) is 0 Å². The monoisotopic (exact) mass is 343 g/mol. The van der Waals surface area contributed by atoms with Crippen molar-refractivity contribution in [2.75, 3.05) is 18.0 Å². The van der Waals surface area contributed by atoms with E-state index in [0.29, 0.717) is 5.56 Å². The number of aryl methyl sites for hydroxylation is 2. The number of fused-ring (bicyclic) bond motifs is 2. The van der Waals surface area contributed by atoms with Crippen molar-refractivity contribution in [1.29, 1.82) is 0 Å². The van der Waals surface area contributed by atoms with Crippen LogP contribution in [0.3, 0.4) is 0 Å². The molecule has 0 bridgehead atoms. The van der Waals surface area contributed by atoms with Crippen LogP contribution in [0.2, 0.25) is 0 Å². The molecule has 0 unspecified atom stereocenters. The zero-order chi connectivity index (χ0) is 17.7. The first-order valence-corrected chi connectivity index (χ1v) is 9.35. The van der Waals surface area contributed by atoms with Crippen LogP contribution in [0.15, 0.2) is 52.2 Å². The Morgan fingerprint density at radius 3 is 2.58 bits per heavy atom. The summed E-state index contributed by atoms with van der Waals surface area (Å²) < 4.78 is 5.87. The molecule has 3 heterocycles. The summed E-state index contributed by atoms with van der Waals surface area (Å²) in [6.07, 6.45) is 6.23. The largest absolute Gasteiger partial charge is 0.422 e. The van der Waals surface area contributed by atoms with E-state index in [9.17, 15) is 4.79 Å². The third kappa shape index (κ3) is 2.31. The van der Waals surface area contributed by atoms with Gasteiger partial charge in [0.1, 0.15) is 5.58 Å². The quantitative estimate of drug-likeness (QED) is 0.627. The van der Waals surface area contributed by atoms with E-state index in [0.717, 1.165) is 54.4 Å². The molecule has 0 aliphatic carbocycles. The normalized spacial score (nSPS) is 15.8. The lowest BCUT2D eigenvalue weighted by atomic mass is 9.89. The second kappa shape index (κ2) is 5.87. The predicted octanol–water partition coefficient (Wildman–Crippen LogP) is 4.80. The maximum absolute atomic E-state index is 12.7. The van der Waals surface area contributed by atoms with Gasteiger partial charge in [-0.2, -0.15) is 0 Å². The highest BCUT2D eigenvalue weighted by Crippen LogP contribution is 2.40. The fraction of sp³-hybridized carbons (Fsp3) is 0.261. The number of hydrogen-bond donors (Lipinski definition) is 0. The average Bonchev–Trinajstić information content (AvgIpc) is 2.69. The van der Waals surface area contributed by atoms with Gasteiger partial charge in [-0.3, -0.25) is 0 Å². The molecule has 130 valence electrons. The maximum Gasteiger partial charge on any atom is 0.344 e. The van der Waals surface area contributed by atoms with E-state index in [1.54, 1.807) is 6.08 Å². The highest BCUT2D eigenvalue weighted by Gasteiger charge is 2.27. The van der Waals surface area contributed by atoms with Gasteiger partial charge in [0, 0.05) is 29.7 Å². The van der Waals surface area contributed by atoms with Crippen molar-refractivity contribution < 1.29 is 4.42 Å². The summed E-state index contributed by atoms with van der Waals surface area (Å²) in [5.41, 5.74) is 7.05. The number of hydrogen-bond acceptors (Lipinski definition) is 3. The molecule has 0 atom stereocenters. The standard InChI is InChI=1S/C23H21NO2/c1-2-15-7-9-16(10-8-15)20-14-18-13-17-5-3-11-24-12-4-6-19(21(17)24)22(18)26-23(20)25/h2,7-10,13-14H,1,3-6,11-12H2. The summed E-state index contributed by atoms with van der Waals surface area (Å²) >= 11 is 0. The Morgan fingerprint density at radius 2 is 1.81 bits per heavy atom. The summed E-state index contributed by atoms with van der Waals surface area (Å²) in [6.45, 7) is 6.01. The SMILES string of the molecule is C=Cc1ccc(-c2cc3cc4c5c(c3oc2=O)CCCN5CCC4)cc1. The highest BCUT2D eigenvalue weighted by atomic mass is 16.4. The molecule has 0 saturated carbocycles. The van der Waals surface area contributed by atoms with Crippen molar-refractivity contribution in [3.8, 4) is 11.1 Å². The van der Waals surface area contributed by atoms with Crippen LogP contribution in [0.25, 0.3) is 28.2 Å². The molecular weight excluding hydrogens is 322 g/mol. The minimum Gasteiger partial charge on any atom is -0.422 e. The molecule has 0 spiro atoms. The molecule has 3 nitrogen and oxygen atoms in total. The fourth-order valence-electron chi connectivity index (χ4n) is 4.45. The predicted molar refractivity (Wildman–Crippen MR) is 107 cm³/mol. The third-order valence-corrected chi connectivity index (χ3v) is 5.67. The first kappa shape index (κ1) is 15.4. The van der Waals surface area contributed by atoms with Crippen LogP contribution in [-0.2, 0) is 12.8 Å². The first-order chi connectivity index (χ1) is 12.7. The van der Waals surface area contributed by atoms with Crippen LogP contribution >= 0.6 is 0 Å². The smallest absolute Gasteiger partial charge is 0.344 e. The van der Waals surface area contributed by atoms with Gasteiger partial charge in [-0.25, -0.2) is 4.79 Å². The van der Waals surface area contributed by atoms with E-state index in [4.69, 9.17) is 4.42 Å². The van der Waals surface area contributed by atoms with Crippen molar-refractivity contribution in [3.05, 3.63) is 70.1 Å². The lowest BCUT2D eigenvalue weighted by Gasteiger charge is -2.37. The van der Waals surface area contributed by atoms with Crippen LogP contribution in [0.5, 0.6) is 0 Å². The second-order valence-corrected chi connectivity index (χ2v) is 7.25. The van der Waals surface area contributed by atoms with Crippen molar-refractivity contribution in [3.63, 3.8) is 0 Å². The molecular formula is C23H21NO2.